The maximum absolute atomic E-state index is 12.7. The van der Waals surface area contributed by atoms with Gasteiger partial charge in [-0.3, -0.25) is 0 Å². The van der Waals surface area contributed by atoms with Gasteiger partial charge in [0, 0.05) is 13.1 Å². The van der Waals surface area contributed by atoms with Crippen LogP contribution in [-0.4, -0.2) is 52.4 Å². The minimum absolute atomic E-state index is 0. The Hall–Kier alpha value is -0.960. The van der Waals surface area contributed by atoms with E-state index in [1.807, 2.05) is 7.05 Å². The van der Waals surface area contributed by atoms with Gasteiger partial charge in [-0.1, -0.05) is 0 Å². The van der Waals surface area contributed by atoms with E-state index in [1.165, 1.54) is 28.6 Å². The van der Waals surface area contributed by atoms with E-state index in [0.29, 0.717) is 19.0 Å². The van der Waals surface area contributed by atoms with Crippen LogP contribution >= 0.6 is 12.4 Å². The lowest BCUT2D eigenvalue weighted by Crippen LogP contribution is -2.42. The molecule has 0 bridgehead atoms. The van der Waals surface area contributed by atoms with E-state index in [1.54, 1.807) is 0 Å². The number of benzene rings is 1. The third-order valence-electron chi connectivity index (χ3n) is 3.81. The summed E-state index contributed by atoms with van der Waals surface area (Å²) < 4.78 is 55.9. The highest BCUT2D eigenvalue weighted by atomic mass is 35.5. The lowest BCUT2D eigenvalue weighted by atomic mass is 10.00. The number of halogens is 3. The fourth-order valence-corrected chi connectivity index (χ4v) is 4.27. The largest absolute Gasteiger partial charge is 0.488 e. The minimum atomic E-state index is -3.56. The Morgan fingerprint density at radius 3 is 2.58 bits per heavy atom. The zero-order valence-corrected chi connectivity index (χ0v) is 15.1. The Kier molecular flexibility index (Phi) is 8.35. The van der Waals surface area contributed by atoms with Crippen molar-refractivity contribution in [2.24, 2.45) is 5.92 Å². The number of hydrogen-bond acceptors (Lipinski definition) is 4. The lowest BCUT2D eigenvalue weighted by Gasteiger charge is -2.31. The number of nitrogens with one attached hydrogen (secondary N) is 1. The molecule has 0 saturated carbocycles. The van der Waals surface area contributed by atoms with Crippen LogP contribution in [0.1, 0.15) is 12.8 Å². The molecule has 1 N–H and O–H groups in total. The summed E-state index contributed by atoms with van der Waals surface area (Å²) in [5, 5.41) is 3.08. The summed E-state index contributed by atoms with van der Waals surface area (Å²) in [5.74, 6) is 0.535. The third-order valence-corrected chi connectivity index (χ3v) is 5.69. The van der Waals surface area contributed by atoms with Crippen LogP contribution in [0.15, 0.2) is 29.2 Å². The van der Waals surface area contributed by atoms with Crippen molar-refractivity contribution in [2.75, 3.05) is 33.3 Å². The average Bonchev–Trinajstić information content (AvgIpc) is 2.54. The first-order chi connectivity index (χ1) is 10.9. The Morgan fingerprint density at radius 1 is 1.33 bits per heavy atom. The number of rotatable bonds is 7. The van der Waals surface area contributed by atoms with Crippen molar-refractivity contribution < 1.29 is 21.9 Å². The van der Waals surface area contributed by atoms with Crippen LogP contribution in [0.25, 0.3) is 0 Å². The number of hydrogen-bond donors (Lipinski definition) is 1. The quantitative estimate of drug-likeness (QED) is 0.784. The van der Waals surface area contributed by atoms with Crippen LogP contribution in [0.4, 0.5) is 8.78 Å². The van der Waals surface area contributed by atoms with Crippen LogP contribution in [0.5, 0.6) is 5.75 Å². The monoisotopic (exact) mass is 384 g/mol. The maximum atomic E-state index is 12.7. The highest BCUT2D eigenvalue weighted by Gasteiger charge is 2.29. The molecule has 0 spiro atoms. The molecule has 9 heteroatoms. The molecule has 1 fully saturated rings. The molecule has 1 aliphatic rings. The molecule has 1 atom stereocenters. The molecule has 0 radical (unpaired) electrons. The number of sulfonamides is 1. The molecular formula is C15H23ClF2N2O3S. The Balaban J connectivity index is 0.00000288. The Labute approximate surface area is 147 Å². The smallest absolute Gasteiger partial charge is 0.272 e. The molecule has 5 nitrogen and oxygen atoms in total. The second kappa shape index (κ2) is 9.50. The molecule has 1 aromatic rings. The van der Waals surface area contributed by atoms with Gasteiger partial charge in [-0.05, 0) is 56.6 Å². The second-order valence-corrected chi connectivity index (χ2v) is 7.54. The SMILES string of the molecule is CNCC1CCCN(S(=O)(=O)c2ccc(OCC(F)F)cc2)C1.Cl. The van der Waals surface area contributed by atoms with Crippen molar-refractivity contribution >= 4 is 22.4 Å². The average molecular weight is 385 g/mol. The summed E-state index contributed by atoms with van der Waals surface area (Å²) in [6, 6.07) is 5.62. The first kappa shape index (κ1) is 21.1. The van der Waals surface area contributed by atoms with Gasteiger partial charge in [-0.15, -0.1) is 12.4 Å². The predicted molar refractivity (Wildman–Crippen MR) is 90.6 cm³/mol. The first-order valence-corrected chi connectivity index (χ1v) is 9.03. The zero-order chi connectivity index (χ0) is 16.9. The fourth-order valence-electron chi connectivity index (χ4n) is 2.72. The maximum Gasteiger partial charge on any atom is 0.272 e. The van der Waals surface area contributed by atoms with Gasteiger partial charge in [0.25, 0.3) is 6.43 Å². The number of alkyl halides is 2. The summed E-state index contributed by atoms with van der Waals surface area (Å²) >= 11 is 0. The molecule has 1 heterocycles. The van der Waals surface area contributed by atoms with E-state index in [9.17, 15) is 17.2 Å². The van der Waals surface area contributed by atoms with Crippen molar-refractivity contribution in [1.82, 2.24) is 9.62 Å². The van der Waals surface area contributed by atoms with Crippen molar-refractivity contribution in [3.63, 3.8) is 0 Å². The minimum Gasteiger partial charge on any atom is -0.488 e. The topological polar surface area (TPSA) is 58.6 Å². The van der Waals surface area contributed by atoms with Crippen molar-refractivity contribution in [2.45, 2.75) is 24.2 Å². The van der Waals surface area contributed by atoms with Crippen LogP contribution in [-0.2, 0) is 10.0 Å². The molecule has 0 aromatic heterocycles. The number of piperidine rings is 1. The molecule has 24 heavy (non-hydrogen) atoms. The highest BCUT2D eigenvalue weighted by Crippen LogP contribution is 2.25. The van der Waals surface area contributed by atoms with Gasteiger partial charge in [0.05, 0.1) is 4.90 Å². The van der Waals surface area contributed by atoms with E-state index in [4.69, 9.17) is 4.74 Å². The van der Waals surface area contributed by atoms with E-state index in [2.05, 4.69) is 5.32 Å². The summed E-state index contributed by atoms with van der Waals surface area (Å²) in [7, 11) is -1.71. The third kappa shape index (κ3) is 5.54. The van der Waals surface area contributed by atoms with Gasteiger partial charge in [-0.25, -0.2) is 17.2 Å². The molecular weight excluding hydrogens is 362 g/mol. The molecule has 1 unspecified atom stereocenters. The molecule has 2 rings (SSSR count). The van der Waals surface area contributed by atoms with Gasteiger partial charge in [0.2, 0.25) is 10.0 Å². The Morgan fingerprint density at radius 2 is 2.00 bits per heavy atom. The molecule has 1 aliphatic heterocycles. The van der Waals surface area contributed by atoms with Crippen molar-refractivity contribution in [1.29, 1.82) is 0 Å². The molecule has 138 valence electrons. The standard InChI is InChI=1S/C15H22F2N2O3S.ClH/c1-18-9-12-3-2-8-19(10-12)23(20,21)14-6-4-13(5-7-14)22-11-15(16)17;/h4-7,12,15,18H,2-3,8-11H2,1H3;1H. The summed E-state index contributed by atoms with van der Waals surface area (Å²) in [4.78, 5) is 0.159. The van der Waals surface area contributed by atoms with Gasteiger partial charge >= 0.3 is 0 Å². The first-order valence-electron chi connectivity index (χ1n) is 7.59. The molecule has 0 amide bonds. The molecule has 0 aliphatic carbocycles. The van der Waals surface area contributed by atoms with Crippen molar-refractivity contribution in [3.05, 3.63) is 24.3 Å². The van der Waals surface area contributed by atoms with E-state index >= 15 is 0 Å². The Bertz CT molecular complexity index is 597. The lowest BCUT2D eigenvalue weighted by molar-refractivity contribution is 0.0819. The predicted octanol–water partition coefficient (Wildman–Crippen LogP) is 2.37. The fraction of sp³-hybridized carbons (Fsp3) is 0.600. The summed E-state index contributed by atoms with van der Waals surface area (Å²) in [6.07, 6.45) is -0.718. The van der Waals surface area contributed by atoms with E-state index in [-0.39, 0.29) is 23.1 Å². The van der Waals surface area contributed by atoms with Crippen LogP contribution in [0.3, 0.4) is 0 Å². The van der Waals surface area contributed by atoms with Gasteiger partial charge in [-0.2, -0.15) is 4.31 Å². The number of ether oxygens (including phenoxy) is 1. The van der Waals surface area contributed by atoms with Gasteiger partial charge in [0.15, 0.2) is 0 Å². The van der Waals surface area contributed by atoms with Crippen LogP contribution in [0, 0.1) is 5.92 Å². The van der Waals surface area contributed by atoms with E-state index in [0.717, 1.165) is 19.4 Å². The zero-order valence-electron chi connectivity index (χ0n) is 13.5. The summed E-state index contributed by atoms with van der Waals surface area (Å²) in [5.41, 5.74) is 0. The molecule has 1 saturated heterocycles. The summed E-state index contributed by atoms with van der Waals surface area (Å²) in [6.45, 7) is 1.08. The molecule has 1 aromatic carbocycles. The van der Waals surface area contributed by atoms with E-state index < -0.39 is 23.1 Å². The normalized spacial score (nSPS) is 19.1. The second-order valence-electron chi connectivity index (χ2n) is 5.60. The van der Waals surface area contributed by atoms with Gasteiger partial charge in [0.1, 0.15) is 12.4 Å². The van der Waals surface area contributed by atoms with Crippen molar-refractivity contribution in [3.8, 4) is 5.75 Å². The number of nitrogens with zero attached hydrogens (tertiary/aromatic N) is 1. The highest BCUT2D eigenvalue weighted by molar-refractivity contribution is 7.89. The van der Waals surface area contributed by atoms with Crippen LogP contribution < -0.4 is 10.1 Å². The van der Waals surface area contributed by atoms with Crippen LogP contribution in [0.2, 0.25) is 0 Å². The van der Waals surface area contributed by atoms with Gasteiger partial charge < -0.3 is 10.1 Å².